The Bertz CT molecular complexity index is 1950. The first-order valence-corrected chi connectivity index (χ1v) is 16.1. The van der Waals surface area contributed by atoms with Crippen LogP contribution < -0.4 is 4.57 Å². The summed E-state index contributed by atoms with van der Waals surface area (Å²) < 4.78 is 2.35. The number of rotatable bonds is 5. The Kier molecular flexibility index (Phi) is 6.94. The van der Waals surface area contributed by atoms with Crippen molar-refractivity contribution in [3.63, 3.8) is 0 Å². The van der Waals surface area contributed by atoms with Crippen molar-refractivity contribution in [2.75, 3.05) is 0 Å². The highest BCUT2D eigenvalue weighted by atomic mass is 32.2. The van der Waals surface area contributed by atoms with E-state index in [4.69, 9.17) is 6.57 Å². The molecular formula is C39H43N2S+. The second-order valence-corrected chi connectivity index (χ2v) is 15.7. The first kappa shape index (κ1) is 28.8. The van der Waals surface area contributed by atoms with Gasteiger partial charge in [-0.3, -0.25) is 0 Å². The highest BCUT2D eigenvalue weighted by molar-refractivity contribution is 8.00. The third kappa shape index (κ3) is 4.88. The van der Waals surface area contributed by atoms with Gasteiger partial charge >= 0.3 is 0 Å². The molecule has 42 heavy (non-hydrogen) atoms. The summed E-state index contributed by atoms with van der Waals surface area (Å²) in [4.78, 5) is 6.71. The maximum atomic E-state index is 7.78. The van der Waals surface area contributed by atoms with Crippen LogP contribution in [0.25, 0.3) is 48.4 Å². The van der Waals surface area contributed by atoms with E-state index in [0.717, 1.165) is 19.3 Å². The molecule has 0 bridgehead atoms. The predicted octanol–water partition coefficient (Wildman–Crippen LogP) is 10.4. The molecule has 3 heteroatoms. The number of benzene rings is 4. The van der Waals surface area contributed by atoms with Crippen LogP contribution in [0.4, 0.5) is 0 Å². The molecule has 0 saturated heterocycles. The van der Waals surface area contributed by atoms with E-state index < -0.39 is 5.54 Å². The molecule has 4 aromatic carbocycles. The van der Waals surface area contributed by atoms with E-state index in [2.05, 4.69) is 127 Å². The molecule has 0 unspecified atom stereocenters. The van der Waals surface area contributed by atoms with E-state index in [1.54, 1.807) is 0 Å². The molecule has 0 aliphatic carbocycles. The van der Waals surface area contributed by atoms with Crippen molar-refractivity contribution in [2.45, 2.75) is 90.0 Å². The van der Waals surface area contributed by atoms with Gasteiger partial charge in [-0.1, -0.05) is 82.8 Å². The van der Waals surface area contributed by atoms with Gasteiger partial charge in [-0.05, 0) is 81.0 Å². The van der Waals surface area contributed by atoms with E-state index >= 15 is 0 Å². The van der Waals surface area contributed by atoms with E-state index in [-0.39, 0.29) is 5.41 Å². The summed E-state index contributed by atoms with van der Waals surface area (Å²) in [7, 11) is 2.21. The number of nitrogens with zero attached hydrogens (tertiary/aromatic N) is 2. The van der Waals surface area contributed by atoms with Crippen LogP contribution in [0.1, 0.15) is 70.7 Å². The van der Waals surface area contributed by atoms with Crippen molar-refractivity contribution in [1.29, 1.82) is 0 Å². The summed E-state index contributed by atoms with van der Waals surface area (Å²) in [6, 6.07) is 18.6. The maximum absolute atomic E-state index is 7.78. The minimum Gasteiger partial charge on any atom is -0.311 e. The topological polar surface area (TPSA) is 8.24 Å². The van der Waals surface area contributed by atoms with Crippen molar-refractivity contribution >= 4 is 44.1 Å². The molecule has 5 aromatic rings. The summed E-state index contributed by atoms with van der Waals surface area (Å²) in [5.41, 5.74) is 7.99. The van der Waals surface area contributed by atoms with Gasteiger partial charge in [-0.2, -0.15) is 0 Å². The Morgan fingerprint density at radius 2 is 1.67 bits per heavy atom. The second kappa shape index (κ2) is 10.1. The average Bonchev–Trinajstić information content (AvgIpc) is 2.91. The molecule has 214 valence electrons. The van der Waals surface area contributed by atoms with Crippen LogP contribution >= 0.6 is 11.8 Å². The number of pyridine rings is 1. The molecule has 0 amide bonds. The van der Waals surface area contributed by atoms with Crippen LogP contribution in [0.15, 0.2) is 64.5 Å². The zero-order valence-electron chi connectivity index (χ0n) is 26.7. The lowest BCUT2D eigenvalue weighted by Crippen LogP contribution is -2.32. The summed E-state index contributed by atoms with van der Waals surface area (Å²) in [6.45, 7) is 25.9. The van der Waals surface area contributed by atoms with Gasteiger partial charge in [0.2, 0.25) is 11.2 Å². The summed E-state index contributed by atoms with van der Waals surface area (Å²) >= 11 is 1.97. The van der Waals surface area contributed by atoms with Gasteiger partial charge < -0.3 is 4.85 Å². The third-order valence-corrected chi connectivity index (χ3v) is 9.92. The molecule has 2 heterocycles. The highest BCUT2D eigenvalue weighted by Crippen LogP contribution is 2.54. The first-order chi connectivity index (χ1) is 19.8. The molecule has 0 radical (unpaired) electrons. The van der Waals surface area contributed by atoms with Crippen LogP contribution in [-0.2, 0) is 26.3 Å². The molecule has 6 rings (SSSR count). The Labute approximate surface area is 256 Å². The molecule has 1 aromatic heterocycles. The zero-order chi connectivity index (χ0) is 30.1. The minimum atomic E-state index is -0.439. The monoisotopic (exact) mass is 571 g/mol. The molecule has 0 spiro atoms. The predicted molar refractivity (Wildman–Crippen MR) is 181 cm³/mol. The van der Waals surface area contributed by atoms with Crippen molar-refractivity contribution in [3.8, 4) is 11.3 Å². The average molecular weight is 572 g/mol. The van der Waals surface area contributed by atoms with Gasteiger partial charge in [0, 0.05) is 35.1 Å². The lowest BCUT2D eigenvalue weighted by atomic mass is 9.82. The van der Waals surface area contributed by atoms with Crippen LogP contribution in [0, 0.1) is 24.8 Å². The van der Waals surface area contributed by atoms with Crippen molar-refractivity contribution in [2.24, 2.45) is 18.4 Å². The molecule has 1 aliphatic heterocycles. The lowest BCUT2D eigenvalue weighted by Gasteiger charge is -2.28. The molecule has 2 nitrogen and oxygen atoms in total. The van der Waals surface area contributed by atoms with Gasteiger partial charge in [0.05, 0.1) is 17.4 Å². The Morgan fingerprint density at radius 1 is 0.905 bits per heavy atom. The van der Waals surface area contributed by atoms with Crippen LogP contribution in [0.2, 0.25) is 0 Å². The molecular weight excluding hydrogens is 529 g/mol. The minimum absolute atomic E-state index is 0.162. The van der Waals surface area contributed by atoms with Crippen LogP contribution in [-0.4, -0.2) is 5.54 Å². The number of fused-ring (bicyclic) bond motifs is 5. The van der Waals surface area contributed by atoms with E-state index in [1.807, 2.05) is 11.8 Å². The highest BCUT2D eigenvalue weighted by Gasteiger charge is 2.34. The van der Waals surface area contributed by atoms with Crippen LogP contribution in [0.5, 0.6) is 0 Å². The Balaban J connectivity index is 1.73. The van der Waals surface area contributed by atoms with Gasteiger partial charge in [-0.25, -0.2) is 11.1 Å². The fourth-order valence-corrected chi connectivity index (χ4v) is 8.35. The molecule has 1 aliphatic rings. The fraction of sp³-hybridized carbons (Fsp3) is 0.385. The number of aromatic nitrogens is 1. The third-order valence-electron chi connectivity index (χ3n) is 8.72. The summed E-state index contributed by atoms with van der Waals surface area (Å²) in [5.74, 6) is 0.624. The molecule has 0 atom stereocenters. The molecule has 0 fully saturated rings. The normalized spacial score (nSPS) is 13.3. The standard InChI is InChI=1S/C39H43N2S/c1-23(2)18-25-14-15-28-30(19-25)24(3)33-36-35-29(16-17-41(36)10)34-26(12-11-13-27(34)21-39(7,8)40-9)20-32(35)42-37(33)31(28)22-38(4,5)6/h11-17,19-20,23H,18,21-22H2,1-8,10H3/q+1. The molecule has 0 N–H and O–H groups in total. The number of hydrogen-bond donors (Lipinski definition) is 0. The van der Waals surface area contributed by atoms with E-state index in [1.165, 1.54) is 75.6 Å². The second-order valence-electron chi connectivity index (χ2n) is 14.7. The number of aryl methyl sites for hydroxylation is 2. The van der Waals surface area contributed by atoms with Gasteiger partial charge in [0.25, 0.3) is 0 Å². The fourth-order valence-electron chi connectivity index (χ4n) is 6.98. The smallest absolute Gasteiger partial charge is 0.231 e. The maximum Gasteiger partial charge on any atom is 0.231 e. The summed E-state index contributed by atoms with van der Waals surface area (Å²) in [5, 5.41) is 8.01. The first-order valence-electron chi connectivity index (χ1n) is 15.3. The van der Waals surface area contributed by atoms with E-state index in [9.17, 15) is 0 Å². The van der Waals surface area contributed by atoms with Crippen molar-refractivity contribution in [1.82, 2.24) is 0 Å². The largest absolute Gasteiger partial charge is 0.311 e. The zero-order valence-corrected chi connectivity index (χ0v) is 27.5. The Hall–Kier alpha value is -3.35. The quantitative estimate of drug-likeness (QED) is 0.114. The van der Waals surface area contributed by atoms with Gasteiger partial charge in [0.15, 0.2) is 6.20 Å². The SMILES string of the molecule is [C-]#[N+]C(C)(C)Cc1cccc2cc3c4c([n+](C)ccc4c12)-c1c(c(CC(C)(C)C)c2ccc(CC(C)C)cc2c1C)S3. The summed E-state index contributed by atoms with van der Waals surface area (Å²) in [6.07, 6.45) is 5.11. The molecule has 0 saturated carbocycles. The van der Waals surface area contributed by atoms with Crippen molar-refractivity contribution in [3.05, 3.63) is 88.4 Å². The van der Waals surface area contributed by atoms with E-state index in [0.29, 0.717) is 5.92 Å². The Morgan fingerprint density at radius 3 is 2.36 bits per heavy atom. The van der Waals surface area contributed by atoms with Crippen LogP contribution in [0.3, 0.4) is 0 Å². The van der Waals surface area contributed by atoms with Gasteiger partial charge in [0.1, 0.15) is 7.05 Å². The lowest BCUT2D eigenvalue weighted by molar-refractivity contribution is -0.659. The number of hydrogen-bond acceptors (Lipinski definition) is 1. The van der Waals surface area contributed by atoms with Crippen molar-refractivity contribution < 1.29 is 4.57 Å². The van der Waals surface area contributed by atoms with Gasteiger partial charge in [-0.15, -0.1) is 0 Å².